The minimum Gasteiger partial charge on any atom is -0.462 e. The fraction of sp³-hybridized carbons (Fsp3) is 0.222. The summed E-state index contributed by atoms with van der Waals surface area (Å²) in [5.74, 6) is -0.343. The minimum absolute atomic E-state index is 0.169. The molecule has 0 unspecified atom stereocenters. The number of amides is 1. The van der Waals surface area contributed by atoms with Crippen LogP contribution < -0.4 is 5.32 Å². The highest BCUT2D eigenvalue weighted by Gasteiger charge is 2.17. The molecule has 4 rings (SSSR count). The van der Waals surface area contributed by atoms with E-state index in [1.807, 2.05) is 35.6 Å². The molecule has 0 radical (unpaired) electrons. The molecule has 1 N–H and O–H groups in total. The van der Waals surface area contributed by atoms with Crippen molar-refractivity contribution in [2.24, 2.45) is 0 Å². The van der Waals surface area contributed by atoms with Crippen molar-refractivity contribution in [1.29, 1.82) is 0 Å². The largest absolute Gasteiger partial charge is 0.462 e. The Morgan fingerprint density at radius 1 is 1.25 bits per heavy atom. The van der Waals surface area contributed by atoms with Crippen molar-refractivity contribution in [3.05, 3.63) is 40.8 Å². The summed E-state index contributed by atoms with van der Waals surface area (Å²) in [6.07, 6.45) is 0. The Labute approximate surface area is 172 Å². The summed E-state index contributed by atoms with van der Waals surface area (Å²) in [5.41, 5.74) is 1.82. The third-order valence-electron chi connectivity index (χ3n) is 3.88. The van der Waals surface area contributed by atoms with E-state index in [0.29, 0.717) is 21.6 Å². The second kappa shape index (κ2) is 7.90. The van der Waals surface area contributed by atoms with E-state index in [1.54, 1.807) is 24.3 Å². The number of thiazole rings is 1. The number of rotatable bonds is 6. The molecule has 0 aliphatic rings. The Balaban J connectivity index is 1.45. The van der Waals surface area contributed by atoms with Crippen LogP contribution in [0.5, 0.6) is 0 Å². The molecular weight excluding hydrogens is 416 g/mol. The van der Waals surface area contributed by atoms with Crippen LogP contribution in [0.25, 0.3) is 15.2 Å². The van der Waals surface area contributed by atoms with E-state index in [4.69, 9.17) is 4.74 Å². The van der Waals surface area contributed by atoms with Gasteiger partial charge in [-0.1, -0.05) is 35.2 Å². The number of nitrogens with one attached hydrogen (secondary N) is 1. The second-order valence-corrected chi connectivity index (χ2v) is 8.85. The normalized spacial score (nSPS) is 11.2. The summed E-state index contributed by atoms with van der Waals surface area (Å²) in [4.78, 5) is 25.6. The summed E-state index contributed by atoms with van der Waals surface area (Å²) in [5, 5.41) is 12.5. The maximum atomic E-state index is 12.4. The molecular formula is C18H16N4O3S3. The quantitative estimate of drug-likeness (QED) is 0.363. The average molecular weight is 433 g/mol. The van der Waals surface area contributed by atoms with Crippen molar-refractivity contribution >= 4 is 66.5 Å². The van der Waals surface area contributed by atoms with Gasteiger partial charge in [0.2, 0.25) is 10.9 Å². The molecule has 0 saturated heterocycles. The van der Waals surface area contributed by atoms with Crippen molar-refractivity contribution in [3.63, 3.8) is 0 Å². The lowest BCUT2D eigenvalue weighted by Gasteiger charge is -2.02. The number of benzene rings is 1. The number of para-hydroxylation sites is 1. The van der Waals surface area contributed by atoms with Crippen LogP contribution in [0.1, 0.15) is 22.2 Å². The molecule has 0 fully saturated rings. The lowest BCUT2D eigenvalue weighted by molar-refractivity contribution is -0.113. The highest BCUT2D eigenvalue weighted by molar-refractivity contribution is 7.99. The van der Waals surface area contributed by atoms with Crippen molar-refractivity contribution in [1.82, 2.24) is 14.6 Å². The van der Waals surface area contributed by atoms with Gasteiger partial charge in [-0.3, -0.25) is 9.20 Å². The smallest absolute Gasteiger partial charge is 0.348 e. The monoisotopic (exact) mass is 432 g/mol. The van der Waals surface area contributed by atoms with E-state index in [9.17, 15) is 9.59 Å². The zero-order chi connectivity index (χ0) is 19.7. The Morgan fingerprint density at radius 2 is 2.07 bits per heavy atom. The first-order valence-corrected chi connectivity index (χ1v) is 11.1. The number of ether oxygens (including phenoxy) is 1. The molecule has 28 heavy (non-hydrogen) atoms. The molecule has 1 amide bonds. The van der Waals surface area contributed by atoms with Crippen LogP contribution in [0, 0.1) is 6.92 Å². The Hall–Kier alpha value is -2.43. The molecule has 3 aromatic heterocycles. The predicted octanol–water partition coefficient (Wildman–Crippen LogP) is 4.22. The van der Waals surface area contributed by atoms with Crippen LogP contribution in [0.3, 0.4) is 0 Å². The highest BCUT2D eigenvalue weighted by atomic mass is 32.2. The number of thiophene rings is 1. The molecule has 0 saturated carbocycles. The number of carbonyl (C=O) groups is 2. The van der Waals surface area contributed by atoms with Crippen LogP contribution in [0.4, 0.5) is 5.00 Å². The van der Waals surface area contributed by atoms with E-state index < -0.39 is 0 Å². The zero-order valence-electron chi connectivity index (χ0n) is 15.1. The van der Waals surface area contributed by atoms with Crippen molar-refractivity contribution in [2.45, 2.75) is 19.0 Å². The molecule has 10 heteroatoms. The van der Waals surface area contributed by atoms with Gasteiger partial charge in [0.1, 0.15) is 4.88 Å². The van der Waals surface area contributed by atoms with Gasteiger partial charge in [-0.05, 0) is 37.6 Å². The van der Waals surface area contributed by atoms with Crippen molar-refractivity contribution in [3.8, 4) is 0 Å². The van der Waals surface area contributed by atoms with E-state index in [-0.39, 0.29) is 17.6 Å². The number of carbonyl (C=O) groups excluding carboxylic acids is 2. The lowest BCUT2D eigenvalue weighted by atomic mass is 10.3. The van der Waals surface area contributed by atoms with Crippen LogP contribution in [0.15, 0.2) is 35.5 Å². The molecule has 0 atom stereocenters. The number of hydrogen-bond acceptors (Lipinski definition) is 8. The minimum atomic E-state index is -0.366. The number of esters is 1. The number of hydrogen-bond donors (Lipinski definition) is 1. The van der Waals surface area contributed by atoms with Crippen LogP contribution in [-0.4, -0.2) is 38.8 Å². The van der Waals surface area contributed by atoms with Gasteiger partial charge >= 0.3 is 5.97 Å². The van der Waals surface area contributed by atoms with E-state index >= 15 is 0 Å². The lowest BCUT2D eigenvalue weighted by Crippen LogP contribution is -2.13. The molecule has 1 aromatic carbocycles. The molecule has 0 bridgehead atoms. The maximum Gasteiger partial charge on any atom is 0.348 e. The summed E-state index contributed by atoms with van der Waals surface area (Å²) < 4.78 is 8.12. The predicted molar refractivity (Wildman–Crippen MR) is 113 cm³/mol. The van der Waals surface area contributed by atoms with E-state index in [2.05, 4.69) is 15.5 Å². The van der Waals surface area contributed by atoms with Gasteiger partial charge in [0.15, 0.2) is 5.16 Å². The maximum absolute atomic E-state index is 12.4. The molecule has 0 spiro atoms. The first-order valence-electron chi connectivity index (χ1n) is 8.49. The summed E-state index contributed by atoms with van der Waals surface area (Å²) >= 11 is 4.11. The van der Waals surface area contributed by atoms with Gasteiger partial charge in [-0.2, -0.15) is 0 Å². The fourth-order valence-electron chi connectivity index (χ4n) is 2.70. The van der Waals surface area contributed by atoms with Crippen molar-refractivity contribution in [2.75, 3.05) is 17.7 Å². The third kappa shape index (κ3) is 3.62. The first-order chi connectivity index (χ1) is 13.6. The van der Waals surface area contributed by atoms with Gasteiger partial charge in [-0.15, -0.1) is 21.5 Å². The van der Waals surface area contributed by atoms with Crippen LogP contribution in [0.2, 0.25) is 0 Å². The van der Waals surface area contributed by atoms with E-state index in [0.717, 1.165) is 20.7 Å². The molecule has 0 aliphatic heterocycles. The first kappa shape index (κ1) is 18.9. The molecule has 4 aromatic rings. The number of anilines is 1. The van der Waals surface area contributed by atoms with Gasteiger partial charge in [0.25, 0.3) is 0 Å². The van der Waals surface area contributed by atoms with Gasteiger partial charge in [0.05, 0.1) is 27.6 Å². The molecule has 3 heterocycles. The van der Waals surface area contributed by atoms with Gasteiger partial charge < -0.3 is 10.1 Å². The summed E-state index contributed by atoms with van der Waals surface area (Å²) in [6, 6.07) is 9.78. The van der Waals surface area contributed by atoms with Gasteiger partial charge in [-0.25, -0.2) is 4.79 Å². The number of aryl methyl sites for hydroxylation is 1. The average Bonchev–Trinajstić information content (AvgIpc) is 3.33. The SMILES string of the molecule is CCOC(=O)c1sc(NC(=O)CSc2nnc3sc4ccccc4n23)cc1C. The Morgan fingerprint density at radius 3 is 2.89 bits per heavy atom. The Bertz CT molecular complexity index is 1180. The topological polar surface area (TPSA) is 85.6 Å². The molecule has 0 aliphatic carbocycles. The second-order valence-electron chi connectivity index (χ2n) is 5.85. The van der Waals surface area contributed by atoms with Crippen LogP contribution >= 0.6 is 34.4 Å². The molecule has 144 valence electrons. The number of thioether (sulfide) groups is 1. The fourth-order valence-corrected chi connectivity index (χ4v) is 5.45. The summed E-state index contributed by atoms with van der Waals surface area (Å²) in [6.45, 7) is 3.90. The van der Waals surface area contributed by atoms with E-state index in [1.165, 1.54) is 23.1 Å². The standard InChI is InChI=1S/C18H16N4O3S3/c1-3-25-16(24)15-10(2)8-14(28-15)19-13(23)9-26-17-20-21-18-22(17)11-6-4-5-7-12(11)27-18/h4-8H,3,9H2,1-2H3,(H,19,23). The zero-order valence-corrected chi connectivity index (χ0v) is 17.5. The van der Waals surface area contributed by atoms with Crippen molar-refractivity contribution < 1.29 is 14.3 Å². The van der Waals surface area contributed by atoms with Crippen LogP contribution in [-0.2, 0) is 9.53 Å². The number of nitrogens with zero attached hydrogens (tertiary/aromatic N) is 3. The number of aromatic nitrogens is 3. The third-order valence-corrected chi connectivity index (χ3v) is 6.96. The number of fused-ring (bicyclic) bond motifs is 3. The van der Waals surface area contributed by atoms with Gasteiger partial charge in [0, 0.05) is 0 Å². The molecule has 7 nitrogen and oxygen atoms in total. The highest BCUT2D eigenvalue weighted by Crippen LogP contribution is 2.30. The summed E-state index contributed by atoms with van der Waals surface area (Å²) in [7, 11) is 0. The Kier molecular flexibility index (Phi) is 5.33.